The van der Waals surface area contributed by atoms with Gasteiger partial charge in [-0.15, -0.1) is 0 Å². The molecule has 4 rings (SSSR count). The molecule has 10 heteroatoms. The summed E-state index contributed by atoms with van der Waals surface area (Å²) in [4.78, 5) is 33.9. The Labute approximate surface area is 200 Å². The van der Waals surface area contributed by atoms with Crippen molar-refractivity contribution in [2.24, 2.45) is 5.92 Å². The largest absolute Gasteiger partial charge is 0.489 e. The highest BCUT2D eigenvalue weighted by Crippen LogP contribution is 2.44. The van der Waals surface area contributed by atoms with E-state index < -0.39 is 5.60 Å². The number of aromatic nitrogens is 2. The molecule has 0 aliphatic carbocycles. The van der Waals surface area contributed by atoms with Gasteiger partial charge in [0.25, 0.3) is 0 Å². The third-order valence-electron chi connectivity index (χ3n) is 5.48. The van der Waals surface area contributed by atoms with Crippen molar-refractivity contribution < 1.29 is 14.3 Å². The summed E-state index contributed by atoms with van der Waals surface area (Å²) in [5.41, 5.74) is -0.148. The van der Waals surface area contributed by atoms with Crippen molar-refractivity contribution >= 4 is 50.3 Å². The van der Waals surface area contributed by atoms with Crippen LogP contribution >= 0.6 is 27.5 Å². The van der Waals surface area contributed by atoms with Gasteiger partial charge in [0.05, 0.1) is 22.0 Å². The molecule has 32 heavy (non-hydrogen) atoms. The van der Waals surface area contributed by atoms with E-state index in [1.54, 1.807) is 9.47 Å². The maximum absolute atomic E-state index is 13.0. The highest BCUT2D eigenvalue weighted by atomic mass is 79.9. The van der Waals surface area contributed by atoms with E-state index in [2.05, 4.69) is 39.7 Å². The summed E-state index contributed by atoms with van der Waals surface area (Å²) < 4.78 is 14.1. The molecular formula is C22H28BrClN4O4. The van der Waals surface area contributed by atoms with Crippen molar-refractivity contribution in [2.45, 2.75) is 52.8 Å². The minimum absolute atomic E-state index is 0.186. The number of carbonyl (C=O) groups is 1. The van der Waals surface area contributed by atoms with Gasteiger partial charge in [0.2, 0.25) is 0 Å². The molecule has 1 saturated heterocycles. The highest BCUT2D eigenvalue weighted by molar-refractivity contribution is 9.10. The fourth-order valence-electron chi connectivity index (χ4n) is 4.16. The van der Waals surface area contributed by atoms with Crippen molar-refractivity contribution in [3.05, 3.63) is 26.0 Å². The Bertz CT molecular complexity index is 1130. The fraction of sp³-hybridized carbons (Fsp3) is 0.591. The predicted molar refractivity (Wildman–Crippen MR) is 128 cm³/mol. The van der Waals surface area contributed by atoms with E-state index in [4.69, 9.17) is 21.1 Å². The molecule has 8 nitrogen and oxygen atoms in total. The summed E-state index contributed by atoms with van der Waals surface area (Å²) in [6.45, 7) is 11.9. The third-order valence-corrected chi connectivity index (χ3v) is 6.71. The molecule has 1 aromatic heterocycles. The molecule has 1 fully saturated rings. The fourth-order valence-corrected chi connectivity index (χ4v) is 4.76. The smallest absolute Gasteiger partial charge is 0.410 e. The minimum Gasteiger partial charge on any atom is -0.489 e. The predicted octanol–water partition coefficient (Wildman–Crippen LogP) is 4.29. The van der Waals surface area contributed by atoms with E-state index in [1.807, 2.05) is 26.8 Å². The monoisotopic (exact) mass is 526 g/mol. The molecule has 2 aliphatic heterocycles. The Hall–Kier alpha value is -2.00. The minimum atomic E-state index is -0.571. The lowest BCUT2D eigenvalue weighted by atomic mass is 10.1. The number of ether oxygens (including phenoxy) is 2. The van der Waals surface area contributed by atoms with E-state index in [-0.39, 0.29) is 23.7 Å². The van der Waals surface area contributed by atoms with Gasteiger partial charge in [0, 0.05) is 30.7 Å². The number of hydrogen-bond donors (Lipinski definition) is 0. The highest BCUT2D eigenvalue weighted by Gasteiger charge is 2.37. The molecule has 0 N–H and O–H groups in total. The summed E-state index contributed by atoms with van der Waals surface area (Å²) in [7, 11) is 0. The number of amides is 1. The van der Waals surface area contributed by atoms with Gasteiger partial charge in [0.15, 0.2) is 5.75 Å². The lowest BCUT2D eigenvalue weighted by molar-refractivity contribution is 0.0202. The lowest BCUT2D eigenvalue weighted by Gasteiger charge is -2.41. The van der Waals surface area contributed by atoms with Gasteiger partial charge in [-0.05, 0) is 48.7 Å². The van der Waals surface area contributed by atoms with Crippen molar-refractivity contribution in [1.29, 1.82) is 0 Å². The number of nitrogens with zero attached hydrogens (tertiary/aromatic N) is 4. The van der Waals surface area contributed by atoms with Gasteiger partial charge in [-0.25, -0.2) is 9.59 Å². The molecule has 0 bridgehead atoms. The molecule has 174 valence electrons. The van der Waals surface area contributed by atoms with Crippen LogP contribution in [0.2, 0.25) is 5.02 Å². The molecule has 1 amide bonds. The van der Waals surface area contributed by atoms with Crippen molar-refractivity contribution in [2.75, 3.05) is 31.1 Å². The van der Waals surface area contributed by atoms with Crippen LogP contribution in [0.1, 0.15) is 34.6 Å². The normalized spacial score (nSPS) is 18.4. The molecule has 1 atom stereocenters. The number of benzene rings is 1. The first-order valence-corrected chi connectivity index (χ1v) is 11.9. The van der Waals surface area contributed by atoms with Gasteiger partial charge >= 0.3 is 11.8 Å². The number of halogens is 2. The van der Waals surface area contributed by atoms with E-state index in [9.17, 15) is 9.59 Å². The van der Waals surface area contributed by atoms with Crippen LogP contribution in [-0.2, 0) is 11.3 Å². The zero-order valence-corrected chi connectivity index (χ0v) is 21.3. The number of hydrogen-bond acceptors (Lipinski definition) is 6. The van der Waals surface area contributed by atoms with Crippen molar-refractivity contribution in [3.8, 4) is 5.75 Å². The van der Waals surface area contributed by atoms with Gasteiger partial charge in [-0.1, -0.05) is 25.4 Å². The molecule has 0 spiro atoms. The van der Waals surface area contributed by atoms with Crippen LogP contribution < -0.4 is 15.3 Å². The quantitative estimate of drug-likeness (QED) is 0.580. The van der Waals surface area contributed by atoms with Gasteiger partial charge in [0.1, 0.15) is 18.0 Å². The first kappa shape index (κ1) is 23.2. The molecule has 0 radical (unpaired) electrons. The molecule has 3 heterocycles. The second kappa shape index (κ2) is 8.41. The van der Waals surface area contributed by atoms with Gasteiger partial charge in [-0.3, -0.25) is 4.57 Å². The number of anilines is 1. The van der Waals surface area contributed by atoms with Crippen molar-refractivity contribution in [3.63, 3.8) is 0 Å². The van der Waals surface area contributed by atoms with E-state index in [0.717, 1.165) is 10.9 Å². The van der Waals surface area contributed by atoms with Crippen LogP contribution in [0.4, 0.5) is 10.6 Å². The number of fused-ring (bicyclic) bond motifs is 2. The summed E-state index contributed by atoms with van der Waals surface area (Å²) in [5.74, 6) is 1.33. The second-order valence-corrected chi connectivity index (χ2v) is 10.9. The van der Waals surface area contributed by atoms with Gasteiger partial charge < -0.3 is 19.3 Å². The number of carbonyl (C=O) groups excluding carboxylic acids is 1. The van der Waals surface area contributed by atoms with Crippen LogP contribution in [0.3, 0.4) is 0 Å². The molecule has 1 aromatic carbocycles. The average Bonchev–Trinajstić information content (AvgIpc) is 2.84. The maximum atomic E-state index is 13.0. The van der Waals surface area contributed by atoms with E-state index in [1.165, 1.54) is 0 Å². The summed E-state index contributed by atoms with van der Waals surface area (Å²) in [5, 5.41) is 1.17. The van der Waals surface area contributed by atoms with Crippen LogP contribution in [0.15, 0.2) is 15.3 Å². The topological polar surface area (TPSA) is 76.9 Å². The Morgan fingerprint density at radius 3 is 2.75 bits per heavy atom. The van der Waals surface area contributed by atoms with Crippen LogP contribution in [0, 0.1) is 5.92 Å². The van der Waals surface area contributed by atoms with E-state index >= 15 is 0 Å². The summed E-state index contributed by atoms with van der Waals surface area (Å²) >= 11 is 10.1. The zero-order valence-electron chi connectivity index (χ0n) is 18.9. The Morgan fingerprint density at radius 2 is 2.09 bits per heavy atom. The van der Waals surface area contributed by atoms with Crippen LogP contribution in [0.25, 0.3) is 10.9 Å². The molecule has 0 unspecified atom stereocenters. The molecule has 0 saturated carbocycles. The first-order chi connectivity index (χ1) is 15.0. The molecule has 2 aromatic rings. The lowest BCUT2D eigenvalue weighted by Crippen LogP contribution is -2.57. The van der Waals surface area contributed by atoms with Crippen LogP contribution in [-0.4, -0.2) is 58.4 Å². The molecule has 2 aliphatic rings. The average molecular weight is 528 g/mol. The van der Waals surface area contributed by atoms with Gasteiger partial charge in [-0.2, -0.15) is 4.98 Å². The zero-order chi connectivity index (χ0) is 23.4. The molecular weight excluding hydrogens is 500 g/mol. The Morgan fingerprint density at radius 1 is 1.38 bits per heavy atom. The summed E-state index contributed by atoms with van der Waals surface area (Å²) in [6, 6.07) is 1.67. The SMILES string of the molecule is CC(C)Cn1c(=O)nc2c3c(c(Cl)c(Br)cc31)OC[C@@H]1CN(C(=O)OC(C)(C)C)CCN21. The first-order valence-electron chi connectivity index (χ1n) is 10.8. The standard InChI is InChI=1S/C22H28BrClN4O4/c1-12(2)9-28-15-8-14(23)17(24)18-16(15)19(25-20(28)29)27-7-6-26(10-13(27)11-31-18)21(30)32-22(3,4)5/h8,12-13H,6-7,9-11H2,1-5H3/t13-/m0/s1. The van der Waals surface area contributed by atoms with E-state index in [0.29, 0.717) is 53.8 Å². The number of rotatable bonds is 2. The van der Waals surface area contributed by atoms with Crippen molar-refractivity contribution in [1.82, 2.24) is 14.5 Å². The Kier molecular flexibility index (Phi) is 6.09. The number of piperazine rings is 1. The second-order valence-electron chi connectivity index (χ2n) is 9.70. The van der Waals surface area contributed by atoms with Crippen LogP contribution in [0.5, 0.6) is 5.75 Å². The third kappa shape index (κ3) is 4.29. The summed E-state index contributed by atoms with van der Waals surface area (Å²) in [6.07, 6.45) is -0.356. The maximum Gasteiger partial charge on any atom is 0.410 e. The Balaban J connectivity index is 1.78.